The summed E-state index contributed by atoms with van der Waals surface area (Å²) in [6.07, 6.45) is 1.87. The van der Waals surface area contributed by atoms with E-state index >= 15 is 0 Å². The summed E-state index contributed by atoms with van der Waals surface area (Å²) >= 11 is 1.54. The average molecular weight is 388 g/mol. The third-order valence-corrected chi connectivity index (χ3v) is 5.03. The van der Waals surface area contributed by atoms with Crippen LogP contribution in [-0.2, 0) is 20.7 Å². The number of fused-ring (bicyclic) bond motifs is 1. The largest absolute Gasteiger partial charge is 0.351 e. The van der Waals surface area contributed by atoms with Crippen molar-refractivity contribution in [2.45, 2.75) is 33.5 Å². The van der Waals surface area contributed by atoms with Gasteiger partial charge >= 0.3 is 0 Å². The van der Waals surface area contributed by atoms with Crippen molar-refractivity contribution in [2.24, 2.45) is 0 Å². The van der Waals surface area contributed by atoms with Gasteiger partial charge in [-0.15, -0.1) is 11.3 Å². The molecule has 0 aliphatic heterocycles. The SMILES string of the molecule is CCOC(CNC(=O)Cc1csc2nc(-c3ccc(C)cc3)cn12)OCC. The maximum absolute atomic E-state index is 12.3. The number of aryl methyl sites for hydroxylation is 1. The molecular formula is C20H25N3O3S. The van der Waals surface area contributed by atoms with E-state index in [1.807, 2.05) is 29.8 Å². The van der Waals surface area contributed by atoms with E-state index in [4.69, 9.17) is 9.47 Å². The Hall–Kier alpha value is -2.22. The van der Waals surface area contributed by atoms with Crippen LogP contribution in [0.4, 0.5) is 0 Å². The molecule has 0 aliphatic rings. The molecule has 3 aromatic rings. The van der Waals surface area contributed by atoms with Crippen LogP contribution in [0.1, 0.15) is 25.1 Å². The summed E-state index contributed by atoms with van der Waals surface area (Å²) < 4.78 is 12.9. The molecule has 0 saturated carbocycles. The molecule has 2 aromatic heterocycles. The molecule has 0 radical (unpaired) electrons. The zero-order valence-corrected chi connectivity index (χ0v) is 16.7. The monoisotopic (exact) mass is 387 g/mol. The second-order valence-electron chi connectivity index (χ2n) is 6.19. The van der Waals surface area contributed by atoms with Gasteiger partial charge in [-0.05, 0) is 20.8 Å². The van der Waals surface area contributed by atoms with Gasteiger partial charge in [0.05, 0.1) is 18.7 Å². The second kappa shape index (κ2) is 9.12. The number of benzene rings is 1. The number of nitrogens with zero attached hydrogens (tertiary/aromatic N) is 2. The zero-order chi connectivity index (χ0) is 19.2. The standard InChI is InChI=1S/C20H25N3O3S/c1-4-25-19(26-5-2)11-21-18(24)10-16-13-27-20-22-17(12-23(16)20)15-8-6-14(3)7-9-15/h6-9,12-13,19H,4-5,10-11H2,1-3H3,(H,21,24). The normalized spacial score (nSPS) is 11.4. The highest BCUT2D eigenvalue weighted by atomic mass is 32.1. The second-order valence-corrected chi connectivity index (χ2v) is 7.03. The Morgan fingerprint density at radius 2 is 1.93 bits per heavy atom. The van der Waals surface area contributed by atoms with E-state index in [0.29, 0.717) is 19.8 Å². The van der Waals surface area contributed by atoms with Crippen LogP contribution in [0.3, 0.4) is 0 Å². The number of hydrogen-bond acceptors (Lipinski definition) is 5. The van der Waals surface area contributed by atoms with E-state index in [9.17, 15) is 4.79 Å². The molecule has 6 nitrogen and oxygen atoms in total. The topological polar surface area (TPSA) is 64.9 Å². The van der Waals surface area contributed by atoms with Crippen molar-refractivity contribution in [3.63, 3.8) is 0 Å². The van der Waals surface area contributed by atoms with Crippen molar-refractivity contribution >= 4 is 22.2 Å². The zero-order valence-electron chi connectivity index (χ0n) is 15.9. The molecule has 0 saturated heterocycles. The lowest BCUT2D eigenvalue weighted by Gasteiger charge is -2.17. The van der Waals surface area contributed by atoms with E-state index < -0.39 is 6.29 Å². The number of thiazole rings is 1. The Morgan fingerprint density at radius 3 is 2.59 bits per heavy atom. The summed E-state index contributed by atoms with van der Waals surface area (Å²) in [4.78, 5) is 17.9. The van der Waals surface area contributed by atoms with Gasteiger partial charge in [0.2, 0.25) is 5.91 Å². The fraction of sp³-hybridized carbons (Fsp3) is 0.400. The van der Waals surface area contributed by atoms with Gasteiger partial charge in [-0.25, -0.2) is 4.98 Å². The van der Waals surface area contributed by atoms with Crippen LogP contribution in [0.5, 0.6) is 0 Å². The number of imidazole rings is 1. The fourth-order valence-corrected chi connectivity index (χ4v) is 3.65. The first kappa shape index (κ1) is 19.5. The van der Waals surface area contributed by atoms with Gasteiger partial charge in [0.1, 0.15) is 0 Å². The first-order chi connectivity index (χ1) is 13.1. The van der Waals surface area contributed by atoms with E-state index in [-0.39, 0.29) is 12.3 Å². The molecule has 27 heavy (non-hydrogen) atoms. The van der Waals surface area contributed by atoms with Crippen LogP contribution in [-0.4, -0.2) is 41.3 Å². The minimum atomic E-state index is -0.409. The Kier molecular flexibility index (Phi) is 6.60. The quantitative estimate of drug-likeness (QED) is 0.571. The van der Waals surface area contributed by atoms with Gasteiger partial charge in [-0.3, -0.25) is 9.20 Å². The number of aromatic nitrogens is 2. The number of carbonyl (C=O) groups is 1. The Balaban J connectivity index is 1.66. The molecule has 0 unspecified atom stereocenters. The Morgan fingerprint density at radius 1 is 1.22 bits per heavy atom. The molecule has 1 amide bonds. The van der Waals surface area contributed by atoms with E-state index in [1.54, 1.807) is 0 Å². The summed E-state index contributed by atoms with van der Waals surface area (Å²) in [5.41, 5.74) is 4.12. The van der Waals surface area contributed by atoms with Crippen LogP contribution in [0, 0.1) is 6.92 Å². The highest BCUT2D eigenvalue weighted by Crippen LogP contribution is 2.24. The summed E-state index contributed by atoms with van der Waals surface area (Å²) in [5.74, 6) is -0.0651. The highest BCUT2D eigenvalue weighted by molar-refractivity contribution is 7.15. The highest BCUT2D eigenvalue weighted by Gasteiger charge is 2.14. The predicted molar refractivity (Wildman–Crippen MR) is 107 cm³/mol. The van der Waals surface area contributed by atoms with Crippen LogP contribution < -0.4 is 5.32 Å². The van der Waals surface area contributed by atoms with Gasteiger partial charge in [-0.1, -0.05) is 29.8 Å². The molecule has 1 aromatic carbocycles. The smallest absolute Gasteiger partial charge is 0.226 e. The predicted octanol–water partition coefficient (Wildman–Crippen LogP) is 3.43. The van der Waals surface area contributed by atoms with E-state index in [0.717, 1.165) is 21.9 Å². The fourth-order valence-electron chi connectivity index (χ4n) is 2.78. The van der Waals surface area contributed by atoms with Gasteiger partial charge in [0, 0.05) is 36.0 Å². The number of hydrogen-bond donors (Lipinski definition) is 1. The summed E-state index contributed by atoms with van der Waals surface area (Å²) in [6, 6.07) is 8.28. The lowest BCUT2D eigenvalue weighted by atomic mass is 10.1. The average Bonchev–Trinajstić information content (AvgIpc) is 3.23. The van der Waals surface area contributed by atoms with Crippen LogP contribution >= 0.6 is 11.3 Å². The number of nitrogens with one attached hydrogen (secondary N) is 1. The first-order valence-corrected chi connectivity index (χ1v) is 10.0. The molecule has 1 N–H and O–H groups in total. The molecule has 0 atom stereocenters. The number of amides is 1. The molecule has 0 aliphatic carbocycles. The third kappa shape index (κ3) is 4.94. The van der Waals surface area contributed by atoms with Crippen molar-refractivity contribution in [3.05, 3.63) is 47.1 Å². The van der Waals surface area contributed by atoms with Crippen LogP contribution in [0.2, 0.25) is 0 Å². The first-order valence-electron chi connectivity index (χ1n) is 9.13. The maximum Gasteiger partial charge on any atom is 0.226 e. The lowest BCUT2D eigenvalue weighted by Crippen LogP contribution is -2.36. The van der Waals surface area contributed by atoms with Crippen molar-refractivity contribution in [1.29, 1.82) is 0 Å². The molecule has 0 fully saturated rings. The molecule has 0 bridgehead atoms. The summed E-state index contributed by atoms with van der Waals surface area (Å²) in [6.45, 7) is 7.30. The minimum Gasteiger partial charge on any atom is -0.351 e. The summed E-state index contributed by atoms with van der Waals surface area (Å²) in [5, 5.41) is 4.86. The van der Waals surface area contributed by atoms with Crippen molar-refractivity contribution in [3.8, 4) is 11.3 Å². The Labute approximate surface area is 163 Å². The Bertz CT molecular complexity index is 880. The molecule has 0 spiro atoms. The maximum atomic E-state index is 12.3. The minimum absolute atomic E-state index is 0.0651. The molecule has 3 rings (SSSR count). The van der Waals surface area contributed by atoms with Gasteiger partial charge in [-0.2, -0.15) is 0 Å². The molecule has 144 valence electrons. The van der Waals surface area contributed by atoms with Gasteiger partial charge in [0.15, 0.2) is 11.3 Å². The third-order valence-electron chi connectivity index (χ3n) is 4.14. The van der Waals surface area contributed by atoms with Crippen molar-refractivity contribution in [1.82, 2.24) is 14.7 Å². The van der Waals surface area contributed by atoms with E-state index in [1.165, 1.54) is 16.9 Å². The van der Waals surface area contributed by atoms with E-state index in [2.05, 4.69) is 41.5 Å². The van der Waals surface area contributed by atoms with Gasteiger partial charge < -0.3 is 14.8 Å². The van der Waals surface area contributed by atoms with Crippen molar-refractivity contribution in [2.75, 3.05) is 19.8 Å². The number of carbonyl (C=O) groups excluding carboxylic acids is 1. The van der Waals surface area contributed by atoms with Crippen molar-refractivity contribution < 1.29 is 14.3 Å². The number of ether oxygens (including phenoxy) is 2. The molecular weight excluding hydrogens is 362 g/mol. The lowest BCUT2D eigenvalue weighted by molar-refractivity contribution is -0.140. The summed E-state index contributed by atoms with van der Waals surface area (Å²) in [7, 11) is 0. The molecule has 2 heterocycles. The van der Waals surface area contributed by atoms with Gasteiger partial charge in [0.25, 0.3) is 0 Å². The molecule has 7 heteroatoms. The van der Waals surface area contributed by atoms with Crippen LogP contribution in [0.25, 0.3) is 16.2 Å². The number of rotatable bonds is 9. The van der Waals surface area contributed by atoms with Crippen LogP contribution in [0.15, 0.2) is 35.8 Å².